The predicted molar refractivity (Wildman–Crippen MR) is 43.6 cm³/mol. The molecule has 3 aliphatic rings. The van der Waals surface area contributed by atoms with E-state index in [-0.39, 0.29) is 5.41 Å². The Morgan fingerprint density at radius 1 is 1.17 bits per heavy atom. The van der Waals surface area contributed by atoms with E-state index in [1.807, 2.05) is 0 Å². The average molecular weight is 166 g/mol. The van der Waals surface area contributed by atoms with Crippen molar-refractivity contribution in [2.45, 2.75) is 32.1 Å². The number of rotatable bonds is 1. The summed E-state index contributed by atoms with van der Waals surface area (Å²) < 4.78 is 0. The molecule has 1 N–H and O–H groups in total. The van der Waals surface area contributed by atoms with Gasteiger partial charge in [0.25, 0.3) is 0 Å². The highest BCUT2D eigenvalue weighted by molar-refractivity contribution is 5.80. The predicted octanol–water partition coefficient (Wildman–Crippen LogP) is 1.90. The maximum atomic E-state index is 11.1. The molecule has 0 aromatic carbocycles. The van der Waals surface area contributed by atoms with Gasteiger partial charge in [-0.3, -0.25) is 4.79 Å². The maximum Gasteiger partial charge on any atom is 0.310 e. The van der Waals surface area contributed by atoms with E-state index in [4.69, 9.17) is 5.11 Å². The molecule has 0 aromatic rings. The van der Waals surface area contributed by atoms with Gasteiger partial charge >= 0.3 is 5.97 Å². The fourth-order valence-corrected chi connectivity index (χ4v) is 3.89. The van der Waals surface area contributed by atoms with Crippen LogP contribution in [0.1, 0.15) is 32.1 Å². The average Bonchev–Trinajstić information content (AvgIpc) is 2.76. The Labute approximate surface area is 72.0 Å². The van der Waals surface area contributed by atoms with Gasteiger partial charge in [-0.1, -0.05) is 12.8 Å². The Kier molecular flexibility index (Phi) is 1.07. The van der Waals surface area contributed by atoms with Gasteiger partial charge in [0.1, 0.15) is 0 Å². The lowest BCUT2D eigenvalue weighted by atomic mass is 9.75. The Bertz CT molecular complexity index is 232. The second-order valence-corrected chi connectivity index (χ2v) is 4.78. The fourth-order valence-electron chi connectivity index (χ4n) is 3.89. The summed E-state index contributed by atoms with van der Waals surface area (Å²) in [6, 6.07) is 0. The third-order valence-electron chi connectivity index (χ3n) is 4.50. The zero-order valence-corrected chi connectivity index (χ0v) is 7.12. The van der Waals surface area contributed by atoms with Crippen LogP contribution < -0.4 is 0 Å². The molecule has 3 aliphatic carbocycles. The van der Waals surface area contributed by atoms with Gasteiger partial charge in [0.2, 0.25) is 0 Å². The summed E-state index contributed by atoms with van der Waals surface area (Å²) in [5.41, 5.74) is -0.221. The van der Waals surface area contributed by atoms with Gasteiger partial charge in [-0.15, -0.1) is 0 Å². The minimum atomic E-state index is -0.498. The van der Waals surface area contributed by atoms with Gasteiger partial charge < -0.3 is 5.11 Å². The highest BCUT2D eigenvalue weighted by Gasteiger charge is 2.72. The first-order chi connectivity index (χ1) is 5.75. The smallest absolute Gasteiger partial charge is 0.310 e. The number of hydrogen-bond donors (Lipinski definition) is 1. The quantitative estimate of drug-likeness (QED) is 0.646. The molecular weight excluding hydrogens is 152 g/mol. The van der Waals surface area contributed by atoms with Crippen molar-refractivity contribution in [1.29, 1.82) is 0 Å². The van der Waals surface area contributed by atoms with E-state index >= 15 is 0 Å². The second kappa shape index (κ2) is 1.86. The Morgan fingerprint density at radius 3 is 2.17 bits per heavy atom. The highest BCUT2D eigenvalue weighted by Crippen LogP contribution is 2.72. The lowest BCUT2D eigenvalue weighted by molar-refractivity contribution is -0.146. The van der Waals surface area contributed by atoms with Crippen molar-refractivity contribution in [2.24, 2.45) is 23.2 Å². The third-order valence-corrected chi connectivity index (χ3v) is 4.50. The zero-order chi connectivity index (χ0) is 8.34. The molecule has 2 bridgehead atoms. The van der Waals surface area contributed by atoms with Crippen LogP contribution in [0, 0.1) is 23.2 Å². The van der Waals surface area contributed by atoms with Gasteiger partial charge in [-0.25, -0.2) is 0 Å². The van der Waals surface area contributed by atoms with E-state index in [2.05, 4.69) is 0 Å². The SMILES string of the molecule is O=C(O)C12CC3CCC1C2CC3. The molecule has 2 nitrogen and oxygen atoms in total. The van der Waals surface area contributed by atoms with Crippen molar-refractivity contribution >= 4 is 5.97 Å². The lowest BCUT2D eigenvalue weighted by Gasteiger charge is -2.28. The molecule has 0 amide bonds. The topological polar surface area (TPSA) is 37.3 Å². The number of carboxylic acids is 1. The van der Waals surface area contributed by atoms with Crippen molar-refractivity contribution in [3.05, 3.63) is 0 Å². The van der Waals surface area contributed by atoms with E-state index in [0.717, 1.165) is 12.3 Å². The van der Waals surface area contributed by atoms with Crippen molar-refractivity contribution in [2.75, 3.05) is 0 Å². The number of carboxylic acid groups (broad SMARTS) is 1. The summed E-state index contributed by atoms with van der Waals surface area (Å²) >= 11 is 0. The summed E-state index contributed by atoms with van der Waals surface area (Å²) in [4.78, 5) is 11.1. The summed E-state index contributed by atoms with van der Waals surface area (Å²) in [5.74, 6) is 1.38. The molecule has 3 rings (SSSR count). The van der Waals surface area contributed by atoms with Crippen LogP contribution in [0.25, 0.3) is 0 Å². The molecule has 0 aliphatic heterocycles. The van der Waals surface area contributed by atoms with Gasteiger partial charge in [0, 0.05) is 0 Å². The van der Waals surface area contributed by atoms with Gasteiger partial charge in [-0.05, 0) is 37.0 Å². The normalized spacial score (nSPS) is 54.8. The van der Waals surface area contributed by atoms with Crippen LogP contribution in [0.5, 0.6) is 0 Å². The molecule has 0 spiro atoms. The summed E-state index contributed by atoms with van der Waals surface area (Å²) in [6.07, 6.45) is 5.99. The Balaban J connectivity index is 1.97. The molecule has 0 radical (unpaired) electrons. The van der Waals surface area contributed by atoms with Crippen LogP contribution in [0.15, 0.2) is 0 Å². The standard InChI is InChI=1S/C10H14O2/c11-9(12)10-5-6-1-3-7(10)8(10)4-2-6/h6-8H,1-5H2,(H,11,12). The molecule has 0 heterocycles. The van der Waals surface area contributed by atoms with Crippen LogP contribution >= 0.6 is 0 Å². The van der Waals surface area contributed by atoms with Crippen LogP contribution in [-0.4, -0.2) is 11.1 Å². The van der Waals surface area contributed by atoms with Gasteiger partial charge in [0.05, 0.1) is 5.41 Å². The number of carbonyl (C=O) groups is 1. The fraction of sp³-hybridized carbons (Fsp3) is 0.900. The Hall–Kier alpha value is -0.530. The lowest BCUT2D eigenvalue weighted by Crippen LogP contribution is -2.28. The van der Waals surface area contributed by atoms with Crippen LogP contribution in [0.3, 0.4) is 0 Å². The van der Waals surface area contributed by atoms with E-state index in [0.29, 0.717) is 11.8 Å². The zero-order valence-electron chi connectivity index (χ0n) is 7.12. The second-order valence-electron chi connectivity index (χ2n) is 4.78. The van der Waals surface area contributed by atoms with Crippen molar-refractivity contribution in [3.8, 4) is 0 Å². The third kappa shape index (κ3) is 0.572. The minimum Gasteiger partial charge on any atom is -0.481 e. The molecule has 3 saturated carbocycles. The number of hydrogen-bond acceptors (Lipinski definition) is 1. The van der Waals surface area contributed by atoms with E-state index < -0.39 is 5.97 Å². The first-order valence-corrected chi connectivity index (χ1v) is 4.98. The number of aliphatic carboxylic acids is 1. The van der Waals surface area contributed by atoms with Crippen molar-refractivity contribution in [3.63, 3.8) is 0 Å². The summed E-state index contributed by atoms with van der Waals surface area (Å²) in [6.45, 7) is 0. The molecule has 0 aromatic heterocycles. The van der Waals surface area contributed by atoms with E-state index in [1.165, 1.54) is 25.7 Å². The van der Waals surface area contributed by atoms with Crippen LogP contribution in [0.2, 0.25) is 0 Å². The summed E-state index contributed by atoms with van der Waals surface area (Å²) in [7, 11) is 0. The largest absolute Gasteiger partial charge is 0.481 e. The van der Waals surface area contributed by atoms with E-state index in [9.17, 15) is 4.79 Å². The molecule has 2 atom stereocenters. The van der Waals surface area contributed by atoms with Gasteiger partial charge in [-0.2, -0.15) is 0 Å². The first kappa shape index (κ1) is 6.93. The van der Waals surface area contributed by atoms with Crippen LogP contribution in [0.4, 0.5) is 0 Å². The van der Waals surface area contributed by atoms with Crippen molar-refractivity contribution < 1.29 is 9.90 Å². The molecule has 2 heteroatoms. The van der Waals surface area contributed by atoms with Gasteiger partial charge in [0.15, 0.2) is 0 Å². The number of fused-ring (bicyclic) bond motifs is 2. The molecule has 12 heavy (non-hydrogen) atoms. The first-order valence-electron chi connectivity index (χ1n) is 4.98. The van der Waals surface area contributed by atoms with E-state index in [1.54, 1.807) is 0 Å². The molecule has 3 fully saturated rings. The maximum absolute atomic E-state index is 11.1. The molecule has 0 saturated heterocycles. The Morgan fingerprint density at radius 2 is 1.75 bits per heavy atom. The van der Waals surface area contributed by atoms with Crippen molar-refractivity contribution in [1.82, 2.24) is 0 Å². The monoisotopic (exact) mass is 166 g/mol. The molecule has 66 valence electrons. The molecular formula is C10H14O2. The molecule has 2 unspecified atom stereocenters. The van der Waals surface area contributed by atoms with Crippen LogP contribution in [-0.2, 0) is 4.79 Å². The minimum absolute atomic E-state index is 0.221. The highest BCUT2D eigenvalue weighted by atomic mass is 16.4. The summed E-state index contributed by atoms with van der Waals surface area (Å²) in [5, 5.41) is 9.16.